The van der Waals surface area contributed by atoms with Crippen LogP contribution in [0, 0.1) is 12.7 Å². The van der Waals surface area contributed by atoms with Crippen molar-refractivity contribution in [3.8, 4) is 11.6 Å². The van der Waals surface area contributed by atoms with Crippen molar-refractivity contribution < 1.29 is 19.0 Å². The number of hydrogen-bond donors (Lipinski definition) is 1. The second-order valence-electron chi connectivity index (χ2n) is 3.79. The Hall–Kier alpha value is -1.95. The van der Waals surface area contributed by atoms with Gasteiger partial charge in [-0.15, -0.1) is 0 Å². The molecule has 0 fully saturated rings. The number of aromatic nitrogens is 1. The number of carbonyl (C=O) groups is 1. The number of carboxylic acids is 1. The first-order valence-electron chi connectivity index (χ1n) is 5.31. The topological polar surface area (TPSA) is 59.4 Å². The highest BCUT2D eigenvalue weighted by Gasteiger charge is 2.16. The molecule has 0 aliphatic carbocycles. The normalized spacial score (nSPS) is 10.3. The number of aromatic carboxylic acids is 1. The first-order chi connectivity index (χ1) is 8.99. The molecular weight excluding hydrogens is 317 g/mol. The van der Waals surface area contributed by atoms with Gasteiger partial charge in [0.25, 0.3) is 0 Å². The molecule has 6 heteroatoms. The van der Waals surface area contributed by atoms with Crippen LogP contribution in [-0.4, -0.2) is 16.1 Å². The van der Waals surface area contributed by atoms with E-state index in [1.54, 1.807) is 13.0 Å². The van der Waals surface area contributed by atoms with Gasteiger partial charge >= 0.3 is 5.97 Å². The summed E-state index contributed by atoms with van der Waals surface area (Å²) in [6, 6.07) is 5.60. The quantitative estimate of drug-likeness (QED) is 0.932. The van der Waals surface area contributed by atoms with Gasteiger partial charge in [0.05, 0.1) is 4.47 Å². The molecule has 0 spiro atoms. The van der Waals surface area contributed by atoms with Gasteiger partial charge in [0, 0.05) is 6.20 Å². The zero-order valence-corrected chi connectivity index (χ0v) is 11.4. The summed E-state index contributed by atoms with van der Waals surface area (Å²) >= 11 is 3.03. The van der Waals surface area contributed by atoms with Gasteiger partial charge in [-0.25, -0.2) is 14.2 Å². The highest BCUT2D eigenvalue weighted by molar-refractivity contribution is 9.10. The highest BCUT2D eigenvalue weighted by Crippen LogP contribution is 2.28. The molecule has 98 valence electrons. The third-order valence-electron chi connectivity index (χ3n) is 2.44. The fraction of sp³-hybridized carbons (Fsp3) is 0.0769. The summed E-state index contributed by atoms with van der Waals surface area (Å²) in [4.78, 5) is 15.1. The van der Waals surface area contributed by atoms with Crippen LogP contribution in [0.5, 0.6) is 11.6 Å². The summed E-state index contributed by atoms with van der Waals surface area (Å²) in [5, 5.41) is 9.13. The van der Waals surface area contributed by atoms with Gasteiger partial charge in [0.1, 0.15) is 17.1 Å². The third kappa shape index (κ3) is 2.90. The fourth-order valence-electron chi connectivity index (χ4n) is 1.52. The third-order valence-corrected chi connectivity index (χ3v) is 3.05. The molecule has 1 heterocycles. The summed E-state index contributed by atoms with van der Waals surface area (Å²) in [7, 11) is 0. The number of nitrogens with zero attached hydrogens (tertiary/aromatic N) is 1. The minimum atomic E-state index is -1.12. The summed E-state index contributed by atoms with van der Waals surface area (Å²) in [5.41, 5.74) is 0.529. The molecule has 0 saturated heterocycles. The van der Waals surface area contributed by atoms with Gasteiger partial charge in [0.2, 0.25) is 5.88 Å². The number of benzene rings is 1. The molecule has 1 aromatic carbocycles. The number of hydrogen-bond acceptors (Lipinski definition) is 3. The molecule has 1 aromatic heterocycles. The molecular formula is C13H9BrFNO3. The number of rotatable bonds is 3. The van der Waals surface area contributed by atoms with E-state index in [0.717, 1.165) is 0 Å². The number of halogens is 2. The van der Waals surface area contributed by atoms with Crippen molar-refractivity contribution in [2.75, 3.05) is 0 Å². The average Bonchev–Trinajstić information content (AvgIpc) is 2.33. The van der Waals surface area contributed by atoms with Gasteiger partial charge in [-0.3, -0.25) is 0 Å². The molecule has 4 nitrogen and oxygen atoms in total. The molecule has 2 aromatic rings. The lowest BCUT2D eigenvalue weighted by Gasteiger charge is -2.09. The fourth-order valence-corrected chi connectivity index (χ4v) is 1.88. The number of pyridine rings is 1. The summed E-state index contributed by atoms with van der Waals surface area (Å²) in [5.74, 6) is -1.27. The van der Waals surface area contributed by atoms with Gasteiger partial charge < -0.3 is 9.84 Å². The van der Waals surface area contributed by atoms with E-state index in [0.29, 0.717) is 11.3 Å². The minimum Gasteiger partial charge on any atom is -0.477 e. The van der Waals surface area contributed by atoms with Gasteiger partial charge in [-0.2, -0.15) is 0 Å². The van der Waals surface area contributed by atoms with Crippen LogP contribution in [0.15, 0.2) is 34.9 Å². The summed E-state index contributed by atoms with van der Waals surface area (Å²) in [6.45, 7) is 1.65. The highest BCUT2D eigenvalue weighted by atomic mass is 79.9. The maximum absolute atomic E-state index is 13.1. The van der Waals surface area contributed by atoms with Crippen LogP contribution < -0.4 is 4.74 Å². The van der Waals surface area contributed by atoms with E-state index in [1.165, 1.54) is 24.4 Å². The molecule has 0 atom stereocenters. The molecule has 0 aliphatic rings. The lowest BCUT2D eigenvalue weighted by molar-refractivity contribution is 0.0692. The average molecular weight is 326 g/mol. The van der Waals surface area contributed by atoms with Gasteiger partial charge in [-0.05, 0) is 52.7 Å². The number of ether oxygens (including phenoxy) is 1. The Morgan fingerprint density at radius 1 is 1.42 bits per heavy atom. The van der Waals surface area contributed by atoms with E-state index in [1.807, 2.05) is 0 Å². The Morgan fingerprint density at radius 3 is 2.79 bits per heavy atom. The van der Waals surface area contributed by atoms with Gasteiger partial charge in [-0.1, -0.05) is 0 Å². The summed E-state index contributed by atoms with van der Waals surface area (Å²) in [6.07, 6.45) is 1.45. The maximum atomic E-state index is 13.1. The number of aryl methyl sites for hydroxylation is 1. The molecule has 0 saturated carbocycles. The lowest BCUT2D eigenvalue weighted by Crippen LogP contribution is -2.04. The maximum Gasteiger partial charge on any atom is 0.341 e. The molecule has 0 bridgehead atoms. The lowest BCUT2D eigenvalue weighted by atomic mass is 10.1. The Morgan fingerprint density at radius 2 is 2.16 bits per heavy atom. The Labute approximate surface area is 117 Å². The molecule has 2 rings (SSSR count). The van der Waals surface area contributed by atoms with Crippen LogP contribution in [0.25, 0.3) is 0 Å². The molecule has 19 heavy (non-hydrogen) atoms. The van der Waals surface area contributed by atoms with Crippen LogP contribution in [0.3, 0.4) is 0 Å². The largest absolute Gasteiger partial charge is 0.477 e. The first-order valence-corrected chi connectivity index (χ1v) is 6.10. The zero-order valence-electron chi connectivity index (χ0n) is 9.85. The van der Waals surface area contributed by atoms with E-state index in [-0.39, 0.29) is 15.9 Å². The van der Waals surface area contributed by atoms with E-state index in [2.05, 4.69) is 20.9 Å². The zero-order chi connectivity index (χ0) is 14.0. The minimum absolute atomic E-state index is 0.0112. The van der Waals surface area contributed by atoms with Crippen molar-refractivity contribution in [1.82, 2.24) is 4.98 Å². The number of carboxylic acid groups (broad SMARTS) is 1. The predicted molar refractivity (Wildman–Crippen MR) is 70.1 cm³/mol. The SMILES string of the molecule is Cc1ccnc(Oc2ccc(F)c(Br)c2)c1C(=O)O. The monoisotopic (exact) mass is 325 g/mol. The van der Waals surface area contributed by atoms with Crippen LogP contribution in [-0.2, 0) is 0 Å². The molecule has 0 amide bonds. The Balaban J connectivity index is 2.40. The predicted octanol–water partition coefficient (Wildman–Crippen LogP) is 3.78. The molecule has 0 aliphatic heterocycles. The van der Waals surface area contributed by atoms with Crippen molar-refractivity contribution in [3.05, 3.63) is 51.9 Å². The smallest absolute Gasteiger partial charge is 0.341 e. The molecule has 0 unspecified atom stereocenters. The van der Waals surface area contributed by atoms with E-state index < -0.39 is 11.8 Å². The molecule has 1 N–H and O–H groups in total. The second kappa shape index (κ2) is 5.36. The van der Waals surface area contributed by atoms with Crippen LogP contribution >= 0.6 is 15.9 Å². The van der Waals surface area contributed by atoms with Crippen LogP contribution in [0.2, 0.25) is 0 Å². The second-order valence-corrected chi connectivity index (χ2v) is 4.65. The van der Waals surface area contributed by atoms with Crippen molar-refractivity contribution >= 4 is 21.9 Å². The first kappa shape index (κ1) is 13.5. The van der Waals surface area contributed by atoms with Crippen LogP contribution in [0.4, 0.5) is 4.39 Å². The van der Waals surface area contributed by atoms with Crippen molar-refractivity contribution in [3.63, 3.8) is 0 Å². The molecule has 0 radical (unpaired) electrons. The van der Waals surface area contributed by atoms with Crippen molar-refractivity contribution in [1.29, 1.82) is 0 Å². The standard InChI is InChI=1S/C13H9BrFNO3/c1-7-4-5-16-12(11(7)13(17)18)19-8-2-3-10(15)9(14)6-8/h2-6H,1H3,(H,17,18). The van der Waals surface area contributed by atoms with E-state index in [4.69, 9.17) is 9.84 Å². The van der Waals surface area contributed by atoms with E-state index >= 15 is 0 Å². The van der Waals surface area contributed by atoms with Crippen LogP contribution in [0.1, 0.15) is 15.9 Å². The Bertz CT molecular complexity index is 646. The van der Waals surface area contributed by atoms with E-state index in [9.17, 15) is 9.18 Å². The van der Waals surface area contributed by atoms with Gasteiger partial charge in [0.15, 0.2) is 0 Å². The van der Waals surface area contributed by atoms with Crippen molar-refractivity contribution in [2.24, 2.45) is 0 Å². The Kier molecular flexibility index (Phi) is 3.80. The summed E-state index contributed by atoms with van der Waals surface area (Å²) < 4.78 is 18.7. The van der Waals surface area contributed by atoms with Crippen molar-refractivity contribution in [2.45, 2.75) is 6.92 Å².